The van der Waals surface area contributed by atoms with Crippen LogP contribution in [0.3, 0.4) is 0 Å². The molecule has 7 nitrogen and oxygen atoms in total. The minimum Gasteiger partial charge on any atom is -0.464 e. The van der Waals surface area contributed by atoms with Crippen LogP contribution in [-0.4, -0.2) is 26.9 Å². The Bertz CT molecular complexity index is 1030. The second kappa shape index (κ2) is 9.43. The summed E-state index contributed by atoms with van der Waals surface area (Å²) >= 11 is 1.09. The van der Waals surface area contributed by atoms with Gasteiger partial charge in [-0.15, -0.1) is 5.10 Å². The van der Waals surface area contributed by atoms with Gasteiger partial charge >= 0.3 is 0 Å². The molecule has 1 N–H and O–H groups in total. The van der Waals surface area contributed by atoms with E-state index in [-0.39, 0.29) is 11.6 Å². The van der Waals surface area contributed by atoms with Gasteiger partial charge in [0.15, 0.2) is 11.7 Å². The van der Waals surface area contributed by atoms with Crippen LogP contribution in [0.5, 0.6) is 0 Å². The molecule has 2 amide bonds. The molecule has 164 valence electrons. The smallest absolute Gasteiger partial charge is 0.280 e. The Morgan fingerprint density at radius 2 is 1.87 bits per heavy atom. The molecule has 1 atom stereocenters. The van der Waals surface area contributed by atoms with Gasteiger partial charge in [0.1, 0.15) is 11.5 Å². The molecule has 1 unspecified atom stereocenters. The highest BCUT2D eigenvalue weighted by atomic mass is 32.1. The normalized spacial score (nSPS) is 12.4. The molecule has 0 aliphatic rings. The summed E-state index contributed by atoms with van der Waals surface area (Å²) in [6.07, 6.45) is 1.61. The highest BCUT2D eigenvalue weighted by molar-refractivity contribution is 7.03. The summed E-state index contributed by atoms with van der Waals surface area (Å²) in [5.74, 6) is 0.309. The largest absolute Gasteiger partial charge is 0.464 e. The molecule has 0 aliphatic carbocycles. The van der Waals surface area contributed by atoms with E-state index in [9.17, 15) is 9.59 Å². The van der Waals surface area contributed by atoms with Gasteiger partial charge in [0.2, 0.25) is 0 Å². The SMILES string of the molecule is CCc1ccc(N(C(=O)c2csnn2)C(C(=O)NC(C)(C)CC)c2ccc(C)o2)cc1. The van der Waals surface area contributed by atoms with E-state index in [0.717, 1.165) is 29.9 Å². The number of nitrogens with zero attached hydrogens (tertiary/aromatic N) is 3. The first-order valence-electron chi connectivity index (χ1n) is 10.3. The summed E-state index contributed by atoms with van der Waals surface area (Å²) < 4.78 is 9.66. The number of amides is 2. The molecule has 3 rings (SSSR count). The number of nitrogens with one attached hydrogen (secondary N) is 1. The molecule has 0 saturated carbocycles. The number of hydrogen-bond acceptors (Lipinski definition) is 6. The van der Waals surface area contributed by atoms with Gasteiger partial charge < -0.3 is 9.73 Å². The van der Waals surface area contributed by atoms with Crippen molar-refractivity contribution in [1.82, 2.24) is 14.9 Å². The quantitative estimate of drug-likeness (QED) is 0.549. The van der Waals surface area contributed by atoms with Crippen LogP contribution < -0.4 is 10.2 Å². The highest BCUT2D eigenvalue weighted by Gasteiger charge is 2.38. The first kappa shape index (κ1) is 22.7. The van der Waals surface area contributed by atoms with E-state index in [2.05, 4.69) is 21.8 Å². The van der Waals surface area contributed by atoms with Crippen LogP contribution in [0.25, 0.3) is 0 Å². The van der Waals surface area contributed by atoms with Gasteiger partial charge in [-0.3, -0.25) is 14.5 Å². The zero-order valence-electron chi connectivity index (χ0n) is 18.5. The Balaban J connectivity index is 2.13. The molecule has 0 bridgehead atoms. The number of aromatic nitrogens is 2. The van der Waals surface area contributed by atoms with Gasteiger partial charge in [0.25, 0.3) is 11.8 Å². The molecule has 1 aromatic carbocycles. The highest BCUT2D eigenvalue weighted by Crippen LogP contribution is 2.31. The summed E-state index contributed by atoms with van der Waals surface area (Å²) in [5, 5.41) is 8.58. The summed E-state index contributed by atoms with van der Waals surface area (Å²) in [6.45, 7) is 9.76. The van der Waals surface area contributed by atoms with Gasteiger partial charge in [-0.25, -0.2) is 0 Å². The topological polar surface area (TPSA) is 88.3 Å². The molecular weight excluding hydrogens is 412 g/mol. The number of carbonyl (C=O) groups excluding carboxylic acids is 2. The van der Waals surface area contributed by atoms with Gasteiger partial charge in [-0.1, -0.05) is 30.5 Å². The van der Waals surface area contributed by atoms with Crippen molar-refractivity contribution >= 4 is 29.0 Å². The number of carbonyl (C=O) groups is 2. The first-order valence-corrected chi connectivity index (χ1v) is 11.2. The number of benzene rings is 1. The second-order valence-electron chi connectivity index (χ2n) is 8.06. The van der Waals surface area contributed by atoms with Crippen LogP contribution in [0.2, 0.25) is 0 Å². The molecule has 2 heterocycles. The molecule has 2 aromatic heterocycles. The molecule has 8 heteroatoms. The molecule has 0 saturated heterocycles. The lowest BCUT2D eigenvalue weighted by molar-refractivity contribution is -0.124. The zero-order valence-corrected chi connectivity index (χ0v) is 19.3. The van der Waals surface area contributed by atoms with Crippen LogP contribution in [0, 0.1) is 6.92 Å². The summed E-state index contributed by atoms with van der Waals surface area (Å²) in [7, 11) is 0. The minimum absolute atomic E-state index is 0.181. The standard InChI is InChI=1S/C23H28N4O3S/c1-6-16-9-11-17(12-10-16)27(22(29)18-14-31-26-25-18)20(19-13-8-15(3)30-19)21(28)24-23(4,5)7-2/h8-14,20H,6-7H2,1-5H3,(H,24,28). The maximum absolute atomic E-state index is 13.5. The number of hydrogen-bond donors (Lipinski definition) is 1. The number of anilines is 1. The molecule has 0 aliphatic heterocycles. The van der Waals surface area contributed by atoms with Crippen LogP contribution >= 0.6 is 11.5 Å². The maximum Gasteiger partial charge on any atom is 0.280 e. The van der Waals surface area contributed by atoms with Crippen molar-refractivity contribution in [3.05, 3.63) is 64.6 Å². The van der Waals surface area contributed by atoms with E-state index < -0.39 is 17.5 Å². The predicted octanol–water partition coefficient (Wildman–Crippen LogP) is 4.69. The predicted molar refractivity (Wildman–Crippen MR) is 121 cm³/mol. The van der Waals surface area contributed by atoms with Crippen molar-refractivity contribution in [3.63, 3.8) is 0 Å². The number of rotatable bonds is 8. The summed E-state index contributed by atoms with van der Waals surface area (Å²) in [5.41, 5.74) is 1.45. The van der Waals surface area contributed by atoms with Crippen molar-refractivity contribution in [3.8, 4) is 0 Å². The van der Waals surface area contributed by atoms with E-state index in [1.165, 1.54) is 4.90 Å². The maximum atomic E-state index is 13.5. The van der Waals surface area contributed by atoms with Gasteiger partial charge in [0.05, 0.1) is 0 Å². The lowest BCUT2D eigenvalue weighted by Crippen LogP contribution is -2.50. The van der Waals surface area contributed by atoms with Crippen LogP contribution in [-0.2, 0) is 11.2 Å². The molecule has 0 spiro atoms. The van der Waals surface area contributed by atoms with Crippen molar-refractivity contribution in [2.75, 3.05) is 4.90 Å². The first-order chi connectivity index (χ1) is 14.8. The van der Waals surface area contributed by atoms with Crippen LogP contribution in [0.15, 0.2) is 46.2 Å². The van der Waals surface area contributed by atoms with Crippen LogP contribution in [0.1, 0.15) is 67.7 Å². The Morgan fingerprint density at radius 1 is 1.16 bits per heavy atom. The molecule has 0 fully saturated rings. The molecule has 0 radical (unpaired) electrons. The van der Waals surface area contributed by atoms with Crippen LogP contribution in [0.4, 0.5) is 5.69 Å². The van der Waals surface area contributed by atoms with Gasteiger partial charge in [0, 0.05) is 16.6 Å². The average molecular weight is 441 g/mol. The Kier molecular flexibility index (Phi) is 6.90. The lowest BCUT2D eigenvalue weighted by atomic mass is 10.00. The van der Waals surface area contributed by atoms with Gasteiger partial charge in [-0.2, -0.15) is 0 Å². The fourth-order valence-electron chi connectivity index (χ4n) is 3.12. The lowest BCUT2D eigenvalue weighted by Gasteiger charge is -2.33. The van der Waals surface area contributed by atoms with Crippen molar-refractivity contribution in [1.29, 1.82) is 0 Å². The van der Waals surface area contributed by atoms with E-state index in [4.69, 9.17) is 4.42 Å². The van der Waals surface area contributed by atoms with Crippen molar-refractivity contribution < 1.29 is 14.0 Å². The Morgan fingerprint density at radius 3 is 2.39 bits per heavy atom. The molecule has 31 heavy (non-hydrogen) atoms. The molecular formula is C23H28N4O3S. The third-order valence-electron chi connectivity index (χ3n) is 5.30. The second-order valence-corrected chi connectivity index (χ2v) is 8.67. The third kappa shape index (κ3) is 5.19. The van der Waals surface area contributed by atoms with E-state index in [1.54, 1.807) is 24.4 Å². The summed E-state index contributed by atoms with van der Waals surface area (Å²) in [4.78, 5) is 28.5. The van der Waals surface area contributed by atoms with E-state index >= 15 is 0 Å². The Labute approximate surface area is 186 Å². The Hall–Kier alpha value is -3.00. The van der Waals surface area contributed by atoms with E-state index in [0.29, 0.717) is 17.2 Å². The molecule has 3 aromatic rings. The fourth-order valence-corrected chi connectivity index (χ4v) is 3.55. The van der Waals surface area contributed by atoms with Gasteiger partial charge in [-0.05, 0) is 75.0 Å². The van der Waals surface area contributed by atoms with Crippen molar-refractivity contribution in [2.45, 2.75) is 59.0 Å². The monoisotopic (exact) mass is 440 g/mol. The third-order valence-corrected chi connectivity index (χ3v) is 5.81. The minimum atomic E-state index is -0.999. The zero-order chi connectivity index (χ0) is 22.6. The fraction of sp³-hybridized carbons (Fsp3) is 0.391. The summed E-state index contributed by atoms with van der Waals surface area (Å²) in [6, 6.07) is 10.1. The number of furan rings is 1. The average Bonchev–Trinajstić information content (AvgIpc) is 3.43. The van der Waals surface area contributed by atoms with Crippen molar-refractivity contribution in [2.24, 2.45) is 0 Å². The number of aryl methyl sites for hydroxylation is 2. The van der Waals surface area contributed by atoms with E-state index in [1.807, 2.05) is 45.0 Å².